The van der Waals surface area contributed by atoms with Crippen molar-refractivity contribution in [2.75, 3.05) is 13.7 Å². The third kappa shape index (κ3) is 4.70. The van der Waals surface area contributed by atoms with Crippen LogP contribution in [0.2, 0.25) is 0 Å². The molecule has 1 rings (SSSR count). The molecule has 5 nitrogen and oxygen atoms in total. The highest BCUT2D eigenvalue weighted by atomic mass is 32.2. The van der Waals surface area contributed by atoms with Crippen LogP contribution in [0.15, 0.2) is 29.2 Å². The van der Waals surface area contributed by atoms with Crippen molar-refractivity contribution in [3.05, 3.63) is 29.8 Å². The lowest BCUT2D eigenvalue weighted by Crippen LogP contribution is -2.37. The van der Waals surface area contributed by atoms with Crippen LogP contribution < -0.4 is 4.72 Å². The highest BCUT2D eigenvalue weighted by Crippen LogP contribution is 2.13. The van der Waals surface area contributed by atoms with Crippen molar-refractivity contribution in [1.82, 2.24) is 4.72 Å². The molecule has 0 bridgehead atoms. The number of ketones is 1. The van der Waals surface area contributed by atoms with Crippen molar-refractivity contribution >= 4 is 15.8 Å². The van der Waals surface area contributed by atoms with Gasteiger partial charge in [0.2, 0.25) is 10.0 Å². The van der Waals surface area contributed by atoms with Crippen LogP contribution in [-0.2, 0) is 14.8 Å². The van der Waals surface area contributed by atoms with E-state index in [1.165, 1.54) is 26.2 Å². The van der Waals surface area contributed by atoms with Crippen LogP contribution in [0.4, 0.5) is 0 Å². The Morgan fingerprint density at radius 1 is 1.40 bits per heavy atom. The lowest BCUT2D eigenvalue weighted by Gasteiger charge is -2.17. The molecule has 0 spiro atoms. The number of nitrogens with one attached hydrogen (secondary N) is 1. The number of benzene rings is 1. The Labute approximate surface area is 120 Å². The first-order chi connectivity index (χ1) is 9.40. The second-order valence-electron chi connectivity index (χ2n) is 4.65. The molecule has 1 unspecified atom stereocenters. The number of Topliss-reactive ketones (excluding diaryl/α,β-unsaturated/α-hetero) is 1. The van der Waals surface area contributed by atoms with Gasteiger partial charge in [0.05, 0.1) is 11.5 Å². The van der Waals surface area contributed by atoms with E-state index in [-0.39, 0.29) is 16.7 Å². The maximum atomic E-state index is 12.3. The summed E-state index contributed by atoms with van der Waals surface area (Å²) < 4.78 is 32.2. The normalized spacial score (nSPS) is 13.2. The number of carbonyl (C=O) groups is 1. The van der Waals surface area contributed by atoms with E-state index in [1.807, 2.05) is 6.92 Å². The Morgan fingerprint density at radius 3 is 2.65 bits per heavy atom. The Kier molecular flexibility index (Phi) is 6.32. The number of ether oxygens (including phenoxy) is 1. The van der Waals surface area contributed by atoms with E-state index in [2.05, 4.69) is 4.72 Å². The number of rotatable bonds is 8. The smallest absolute Gasteiger partial charge is 0.240 e. The minimum absolute atomic E-state index is 0.0995. The molecule has 0 saturated carbocycles. The van der Waals surface area contributed by atoms with Crippen molar-refractivity contribution < 1.29 is 17.9 Å². The van der Waals surface area contributed by atoms with Gasteiger partial charge < -0.3 is 4.74 Å². The van der Waals surface area contributed by atoms with Crippen molar-refractivity contribution in [3.63, 3.8) is 0 Å². The molecule has 0 aliphatic carbocycles. The predicted molar refractivity (Wildman–Crippen MR) is 77.3 cm³/mol. The average molecular weight is 299 g/mol. The first-order valence-electron chi connectivity index (χ1n) is 6.53. The molecule has 0 aliphatic heterocycles. The van der Waals surface area contributed by atoms with Gasteiger partial charge in [-0.25, -0.2) is 13.1 Å². The van der Waals surface area contributed by atoms with Crippen LogP contribution in [0.3, 0.4) is 0 Å². The van der Waals surface area contributed by atoms with Crippen LogP contribution in [0.5, 0.6) is 0 Å². The van der Waals surface area contributed by atoms with Crippen molar-refractivity contribution in [2.24, 2.45) is 0 Å². The molecule has 0 aliphatic rings. The molecule has 0 radical (unpaired) electrons. The minimum Gasteiger partial charge on any atom is -0.383 e. The standard InChI is InChI=1S/C14H21NO4S/c1-4-6-13(10-19-3)15-20(17,18)14-8-5-7-12(9-14)11(2)16/h5,7-9,13,15H,4,6,10H2,1-3H3. The number of sulfonamides is 1. The SMILES string of the molecule is CCCC(COC)NS(=O)(=O)c1cccc(C(C)=O)c1. The summed E-state index contributed by atoms with van der Waals surface area (Å²) in [6.45, 7) is 3.71. The molecule has 112 valence electrons. The van der Waals surface area contributed by atoms with Crippen molar-refractivity contribution in [2.45, 2.75) is 37.6 Å². The molecule has 0 saturated heterocycles. The Hall–Kier alpha value is -1.24. The Morgan fingerprint density at radius 2 is 2.10 bits per heavy atom. The molecule has 0 heterocycles. The molecule has 0 amide bonds. The predicted octanol–water partition coefficient (Wildman–Crippen LogP) is 1.98. The van der Waals surface area contributed by atoms with Gasteiger partial charge in [-0.3, -0.25) is 4.79 Å². The van der Waals surface area contributed by atoms with Gasteiger partial charge in [-0.1, -0.05) is 25.5 Å². The zero-order chi connectivity index (χ0) is 15.2. The molecule has 1 N–H and O–H groups in total. The fraction of sp³-hybridized carbons (Fsp3) is 0.500. The van der Waals surface area contributed by atoms with Crippen molar-refractivity contribution in [1.29, 1.82) is 0 Å². The van der Waals surface area contributed by atoms with E-state index in [0.29, 0.717) is 18.6 Å². The van der Waals surface area contributed by atoms with E-state index >= 15 is 0 Å². The van der Waals surface area contributed by atoms with Crippen LogP contribution in [-0.4, -0.2) is 34.0 Å². The summed E-state index contributed by atoms with van der Waals surface area (Å²) >= 11 is 0. The van der Waals surface area contributed by atoms with Gasteiger partial charge in [0.25, 0.3) is 0 Å². The second kappa shape index (κ2) is 7.52. The largest absolute Gasteiger partial charge is 0.383 e. The van der Waals surface area contributed by atoms with Crippen LogP contribution >= 0.6 is 0 Å². The maximum Gasteiger partial charge on any atom is 0.240 e. The zero-order valence-electron chi connectivity index (χ0n) is 12.0. The highest BCUT2D eigenvalue weighted by Gasteiger charge is 2.20. The van der Waals surface area contributed by atoms with Gasteiger partial charge in [0, 0.05) is 18.7 Å². The fourth-order valence-corrected chi connectivity index (χ4v) is 3.20. The van der Waals surface area contributed by atoms with Gasteiger partial charge >= 0.3 is 0 Å². The lowest BCUT2D eigenvalue weighted by molar-refractivity contribution is 0.101. The molecule has 6 heteroatoms. The van der Waals surface area contributed by atoms with Gasteiger partial charge in [-0.05, 0) is 25.5 Å². The van der Waals surface area contributed by atoms with E-state index in [1.54, 1.807) is 12.1 Å². The lowest BCUT2D eigenvalue weighted by atomic mass is 10.2. The zero-order valence-corrected chi connectivity index (χ0v) is 12.9. The van der Waals surface area contributed by atoms with Crippen LogP contribution in [0.1, 0.15) is 37.0 Å². The minimum atomic E-state index is -3.64. The summed E-state index contributed by atoms with van der Waals surface area (Å²) in [5, 5.41) is 0. The molecule has 20 heavy (non-hydrogen) atoms. The molecular formula is C14H21NO4S. The quantitative estimate of drug-likeness (QED) is 0.745. The summed E-state index contributed by atoms with van der Waals surface area (Å²) in [5.41, 5.74) is 0.381. The van der Waals surface area contributed by atoms with Gasteiger partial charge in [0.1, 0.15) is 0 Å². The van der Waals surface area contributed by atoms with Crippen molar-refractivity contribution in [3.8, 4) is 0 Å². The Bertz CT molecular complexity index is 548. The van der Waals surface area contributed by atoms with E-state index in [4.69, 9.17) is 4.74 Å². The number of carbonyl (C=O) groups excluding carboxylic acids is 1. The number of methoxy groups -OCH3 is 1. The monoisotopic (exact) mass is 299 g/mol. The van der Waals surface area contributed by atoms with E-state index < -0.39 is 10.0 Å². The number of hydrogen-bond donors (Lipinski definition) is 1. The third-order valence-corrected chi connectivity index (χ3v) is 4.40. The summed E-state index contributed by atoms with van der Waals surface area (Å²) in [5.74, 6) is -0.163. The van der Waals surface area contributed by atoms with E-state index in [0.717, 1.165) is 6.42 Å². The summed E-state index contributed by atoms with van der Waals surface area (Å²) in [6.07, 6.45) is 1.55. The summed E-state index contributed by atoms with van der Waals surface area (Å²) in [6, 6.07) is 5.76. The average Bonchev–Trinajstić information content (AvgIpc) is 2.39. The van der Waals surface area contributed by atoms with E-state index in [9.17, 15) is 13.2 Å². The molecule has 1 atom stereocenters. The molecular weight excluding hydrogens is 278 g/mol. The highest BCUT2D eigenvalue weighted by molar-refractivity contribution is 7.89. The summed E-state index contributed by atoms with van der Waals surface area (Å²) in [7, 11) is -2.11. The third-order valence-electron chi connectivity index (χ3n) is 2.88. The maximum absolute atomic E-state index is 12.3. The van der Waals surface area contributed by atoms with Crippen LogP contribution in [0.25, 0.3) is 0 Å². The first kappa shape index (κ1) is 16.8. The molecule has 1 aromatic carbocycles. The molecule has 1 aromatic rings. The topological polar surface area (TPSA) is 72.5 Å². The molecule has 0 aromatic heterocycles. The summed E-state index contributed by atoms with van der Waals surface area (Å²) in [4.78, 5) is 11.4. The van der Waals surface area contributed by atoms with Gasteiger partial charge in [-0.15, -0.1) is 0 Å². The van der Waals surface area contributed by atoms with Crippen LogP contribution in [0, 0.1) is 0 Å². The Balaban J connectivity index is 2.97. The number of hydrogen-bond acceptors (Lipinski definition) is 4. The second-order valence-corrected chi connectivity index (χ2v) is 6.36. The fourth-order valence-electron chi connectivity index (χ4n) is 1.90. The van der Waals surface area contributed by atoms with Gasteiger partial charge in [0.15, 0.2) is 5.78 Å². The van der Waals surface area contributed by atoms with Gasteiger partial charge in [-0.2, -0.15) is 0 Å². The first-order valence-corrected chi connectivity index (χ1v) is 8.01. The molecule has 0 fully saturated rings.